The Morgan fingerprint density at radius 1 is 1.04 bits per heavy atom. The molecule has 0 amide bonds. The molecule has 1 aromatic heterocycles. The molecule has 2 nitrogen and oxygen atoms in total. The number of alkyl halides is 2. The van der Waals surface area contributed by atoms with Crippen molar-refractivity contribution in [1.82, 2.24) is 4.57 Å². The summed E-state index contributed by atoms with van der Waals surface area (Å²) in [6.45, 7) is 0. The molecule has 0 aliphatic rings. The fourth-order valence-electron chi connectivity index (χ4n) is 2.63. The molecule has 0 saturated heterocycles. The van der Waals surface area contributed by atoms with Gasteiger partial charge in [0.25, 0.3) is 6.43 Å². The van der Waals surface area contributed by atoms with Crippen LogP contribution < -0.4 is 5.32 Å². The van der Waals surface area contributed by atoms with E-state index in [1.807, 2.05) is 18.2 Å². The predicted octanol–water partition coefficient (Wildman–Crippen LogP) is 5.56. The second-order valence-corrected chi connectivity index (χ2v) is 6.01. The minimum absolute atomic E-state index is 0.112. The van der Waals surface area contributed by atoms with Gasteiger partial charge in [-0.3, -0.25) is 0 Å². The summed E-state index contributed by atoms with van der Waals surface area (Å²) < 4.78 is 41.1. The van der Waals surface area contributed by atoms with Gasteiger partial charge in [-0.05, 0) is 23.8 Å². The second-order valence-electron chi connectivity index (χ2n) is 5.60. The van der Waals surface area contributed by atoms with Crippen LogP contribution in [0.3, 0.4) is 0 Å². The first kappa shape index (κ1) is 17.2. The Morgan fingerprint density at radius 3 is 2.40 bits per heavy atom. The molecule has 0 unspecified atom stereocenters. The van der Waals surface area contributed by atoms with Crippen LogP contribution in [0.15, 0.2) is 60.9 Å². The Labute approximate surface area is 148 Å². The molecule has 3 rings (SSSR count). The molecule has 128 valence electrons. The van der Waals surface area contributed by atoms with E-state index in [2.05, 4.69) is 5.32 Å². The lowest BCUT2D eigenvalue weighted by molar-refractivity contribution is 0.151. The van der Waals surface area contributed by atoms with Crippen LogP contribution in [0.1, 0.15) is 17.6 Å². The van der Waals surface area contributed by atoms with Crippen molar-refractivity contribution in [3.05, 3.63) is 77.9 Å². The summed E-state index contributed by atoms with van der Waals surface area (Å²) in [7, 11) is 1.67. The van der Waals surface area contributed by atoms with E-state index in [1.165, 1.54) is 18.3 Å². The van der Waals surface area contributed by atoms with Gasteiger partial charge in [-0.15, -0.1) is 0 Å². The van der Waals surface area contributed by atoms with E-state index in [9.17, 15) is 13.2 Å². The largest absolute Gasteiger partial charge is 0.356 e. The van der Waals surface area contributed by atoms with Gasteiger partial charge in [0.1, 0.15) is 10.8 Å². The monoisotopic (exact) mass is 360 g/mol. The lowest BCUT2D eigenvalue weighted by atomic mass is 10.0. The number of para-hydroxylation sites is 1. The summed E-state index contributed by atoms with van der Waals surface area (Å²) in [5.74, 6) is -0.324. The molecule has 0 spiro atoms. The van der Waals surface area contributed by atoms with E-state index in [1.54, 1.807) is 36.0 Å². The number of nitrogens with one attached hydrogen (secondary N) is 1. The number of aromatic nitrogens is 1. The van der Waals surface area contributed by atoms with Gasteiger partial charge in [0.15, 0.2) is 0 Å². The number of nitrogens with zero attached hydrogens (tertiary/aromatic N) is 1. The fraction of sp³-hybridized carbons (Fsp3) is 0.105. The van der Waals surface area contributed by atoms with E-state index >= 15 is 0 Å². The average molecular weight is 360 g/mol. The van der Waals surface area contributed by atoms with Gasteiger partial charge < -0.3 is 9.88 Å². The first-order valence-electron chi connectivity index (χ1n) is 7.56. The highest BCUT2D eigenvalue weighted by molar-refractivity contribution is 7.81. The minimum Gasteiger partial charge on any atom is -0.356 e. The molecular weight excluding hydrogens is 345 g/mol. The number of halogens is 3. The van der Waals surface area contributed by atoms with Crippen LogP contribution in [0.5, 0.6) is 0 Å². The first-order valence-corrected chi connectivity index (χ1v) is 7.97. The zero-order chi connectivity index (χ0) is 18.0. The molecule has 0 aliphatic heterocycles. The highest BCUT2D eigenvalue weighted by atomic mass is 32.1. The van der Waals surface area contributed by atoms with Crippen LogP contribution in [0.4, 0.5) is 18.9 Å². The first-order chi connectivity index (χ1) is 12.0. The molecule has 0 radical (unpaired) electrons. The number of benzene rings is 2. The molecule has 0 fully saturated rings. The second kappa shape index (κ2) is 7.11. The average Bonchev–Trinajstić information content (AvgIpc) is 2.99. The SMILES string of the molecule is Cn1cc(C(=S)Nc2ccccc2-c2ccc(F)cc2)c(C(F)F)c1. The quantitative estimate of drug-likeness (QED) is 0.614. The Morgan fingerprint density at radius 2 is 1.72 bits per heavy atom. The molecule has 0 saturated carbocycles. The summed E-state index contributed by atoms with van der Waals surface area (Å²) in [5.41, 5.74) is 2.46. The molecule has 2 aromatic carbocycles. The van der Waals surface area contributed by atoms with Crippen molar-refractivity contribution in [2.75, 3.05) is 5.32 Å². The molecule has 6 heteroatoms. The van der Waals surface area contributed by atoms with Crippen molar-refractivity contribution in [1.29, 1.82) is 0 Å². The third-order valence-corrected chi connectivity index (χ3v) is 4.12. The summed E-state index contributed by atoms with van der Waals surface area (Å²) in [5, 5.41) is 3.04. The number of thiocarbonyl (C=S) groups is 1. The van der Waals surface area contributed by atoms with Gasteiger partial charge in [-0.2, -0.15) is 0 Å². The highest BCUT2D eigenvalue weighted by Crippen LogP contribution is 2.30. The molecule has 0 atom stereocenters. The standard InChI is InChI=1S/C19H15F3N2S/c1-24-10-15(18(21)22)16(11-24)19(25)23-17-5-3-2-4-14(17)12-6-8-13(20)9-7-12/h2-11,18H,1H3,(H,23,25). The van der Waals surface area contributed by atoms with Crippen molar-refractivity contribution in [3.8, 4) is 11.1 Å². The van der Waals surface area contributed by atoms with Crippen LogP contribution in [-0.4, -0.2) is 9.56 Å². The van der Waals surface area contributed by atoms with Crippen molar-refractivity contribution < 1.29 is 13.2 Å². The van der Waals surface area contributed by atoms with Gasteiger partial charge in [0, 0.05) is 41.8 Å². The zero-order valence-electron chi connectivity index (χ0n) is 13.3. The topological polar surface area (TPSA) is 17.0 Å². The third kappa shape index (κ3) is 3.74. The maximum atomic E-state index is 13.2. The zero-order valence-corrected chi connectivity index (χ0v) is 14.2. The maximum Gasteiger partial charge on any atom is 0.265 e. The smallest absolute Gasteiger partial charge is 0.265 e. The number of rotatable bonds is 4. The van der Waals surface area contributed by atoms with Crippen molar-refractivity contribution in [3.63, 3.8) is 0 Å². The molecular formula is C19H15F3N2S. The normalized spacial score (nSPS) is 10.9. The molecule has 25 heavy (non-hydrogen) atoms. The van der Waals surface area contributed by atoms with E-state index in [0.717, 1.165) is 11.1 Å². The van der Waals surface area contributed by atoms with Gasteiger partial charge in [-0.25, -0.2) is 13.2 Å². The van der Waals surface area contributed by atoms with Crippen molar-refractivity contribution >= 4 is 22.9 Å². The molecule has 0 aliphatic carbocycles. The predicted molar refractivity (Wildman–Crippen MR) is 97.5 cm³/mol. The fourth-order valence-corrected chi connectivity index (χ4v) is 2.91. The van der Waals surface area contributed by atoms with Crippen molar-refractivity contribution in [2.24, 2.45) is 7.05 Å². The van der Waals surface area contributed by atoms with Gasteiger partial charge in [-0.1, -0.05) is 42.5 Å². The Hall–Kier alpha value is -2.60. The van der Waals surface area contributed by atoms with E-state index < -0.39 is 6.43 Å². The Balaban J connectivity index is 1.94. The number of anilines is 1. The maximum absolute atomic E-state index is 13.2. The Bertz CT molecular complexity index is 901. The van der Waals surface area contributed by atoms with E-state index in [-0.39, 0.29) is 16.4 Å². The van der Waals surface area contributed by atoms with Crippen LogP contribution in [0, 0.1) is 5.82 Å². The minimum atomic E-state index is -2.61. The van der Waals surface area contributed by atoms with Crippen LogP contribution in [-0.2, 0) is 7.05 Å². The lowest BCUT2D eigenvalue weighted by Crippen LogP contribution is -2.12. The van der Waals surface area contributed by atoms with Crippen LogP contribution in [0.25, 0.3) is 11.1 Å². The molecule has 1 heterocycles. The highest BCUT2D eigenvalue weighted by Gasteiger charge is 2.19. The number of hydrogen-bond donors (Lipinski definition) is 1. The lowest BCUT2D eigenvalue weighted by Gasteiger charge is -2.13. The van der Waals surface area contributed by atoms with Crippen LogP contribution >= 0.6 is 12.2 Å². The van der Waals surface area contributed by atoms with E-state index in [4.69, 9.17) is 12.2 Å². The number of hydrogen-bond acceptors (Lipinski definition) is 1. The van der Waals surface area contributed by atoms with Gasteiger partial charge in [0.05, 0.1) is 0 Å². The molecule has 3 aromatic rings. The van der Waals surface area contributed by atoms with Gasteiger partial charge in [0.2, 0.25) is 0 Å². The summed E-state index contributed by atoms with van der Waals surface area (Å²) in [6, 6.07) is 13.4. The van der Waals surface area contributed by atoms with Crippen LogP contribution in [0.2, 0.25) is 0 Å². The summed E-state index contributed by atoms with van der Waals surface area (Å²) in [6.07, 6.45) is 0.320. The summed E-state index contributed by atoms with van der Waals surface area (Å²) in [4.78, 5) is 0.213. The summed E-state index contributed by atoms with van der Waals surface area (Å²) >= 11 is 5.34. The van der Waals surface area contributed by atoms with Crippen molar-refractivity contribution in [2.45, 2.75) is 6.43 Å². The number of aryl methyl sites for hydroxylation is 1. The van der Waals surface area contributed by atoms with E-state index in [0.29, 0.717) is 11.3 Å². The third-order valence-electron chi connectivity index (χ3n) is 3.80. The Kier molecular flexibility index (Phi) is 4.90. The molecule has 1 N–H and O–H groups in total. The van der Waals surface area contributed by atoms with Gasteiger partial charge >= 0.3 is 0 Å². The molecule has 0 bridgehead atoms.